The molecule has 0 aliphatic heterocycles. The summed E-state index contributed by atoms with van der Waals surface area (Å²) in [4.78, 5) is 22.2. The minimum atomic E-state index is -1.05. The molecule has 0 amide bonds. The highest BCUT2D eigenvalue weighted by Crippen LogP contribution is 2.09. The van der Waals surface area contributed by atoms with Gasteiger partial charge in [-0.1, -0.05) is 0 Å². The predicted molar refractivity (Wildman–Crippen MR) is 69.1 cm³/mol. The van der Waals surface area contributed by atoms with Gasteiger partial charge in [-0.2, -0.15) is 11.3 Å². The topological polar surface area (TPSA) is 57.2 Å². The molecule has 100 valence electrons. The zero-order valence-electron chi connectivity index (χ0n) is 10.8. The maximum atomic E-state index is 11.7. The van der Waals surface area contributed by atoms with E-state index in [1.54, 1.807) is 11.3 Å². The number of quaternary nitrogens is 1. The van der Waals surface area contributed by atoms with E-state index in [4.69, 9.17) is 0 Å². The number of carbonyl (C=O) groups excluding carboxylic acids is 2. The van der Waals surface area contributed by atoms with Crippen LogP contribution in [0.25, 0.3) is 0 Å². The molecular weight excluding hydrogens is 250 g/mol. The van der Waals surface area contributed by atoms with E-state index >= 15 is 0 Å². The van der Waals surface area contributed by atoms with Crippen LogP contribution in [0.3, 0.4) is 0 Å². The lowest BCUT2D eigenvalue weighted by molar-refractivity contribution is -0.884. The number of ketones is 1. The molecule has 0 atom stereocenters. The molecule has 1 heterocycles. The number of carboxylic acid groups (broad SMARTS) is 1. The number of aliphatic carboxylic acids is 1. The maximum absolute atomic E-state index is 11.7. The Balaban J connectivity index is 2.25. The Morgan fingerprint density at radius 1 is 1.39 bits per heavy atom. The molecule has 18 heavy (non-hydrogen) atoms. The number of Topliss-reactive ketones (excluding diaryl/α,β-unsaturated/α-hetero) is 1. The van der Waals surface area contributed by atoms with Crippen molar-refractivity contribution in [1.29, 1.82) is 0 Å². The Hall–Kier alpha value is -1.20. The first-order chi connectivity index (χ1) is 8.39. The fourth-order valence-corrected chi connectivity index (χ4v) is 2.51. The van der Waals surface area contributed by atoms with Crippen LogP contribution in [0.2, 0.25) is 0 Å². The normalized spacial score (nSPS) is 11.4. The quantitative estimate of drug-likeness (QED) is 0.644. The maximum Gasteiger partial charge on any atom is 0.137 e. The van der Waals surface area contributed by atoms with Crippen LogP contribution in [0.5, 0.6) is 0 Å². The molecule has 0 bridgehead atoms. The zero-order valence-corrected chi connectivity index (χ0v) is 11.7. The van der Waals surface area contributed by atoms with Crippen LogP contribution in [0, 0.1) is 0 Å². The Morgan fingerprint density at radius 2 is 2.11 bits per heavy atom. The number of rotatable bonds is 8. The van der Waals surface area contributed by atoms with Crippen LogP contribution in [0.4, 0.5) is 0 Å². The first kappa shape index (κ1) is 14.9. The van der Waals surface area contributed by atoms with Gasteiger partial charge in [0.25, 0.3) is 0 Å². The van der Waals surface area contributed by atoms with Crippen LogP contribution in [0.1, 0.15) is 18.4 Å². The number of carboxylic acids is 1. The fraction of sp³-hybridized carbons (Fsp3) is 0.538. The number of hydrogen-bond acceptors (Lipinski definition) is 4. The molecule has 0 fully saturated rings. The molecule has 0 spiro atoms. The van der Waals surface area contributed by atoms with Gasteiger partial charge in [0.15, 0.2) is 0 Å². The molecule has 1 aromatic rings. The third kappa shape index (κ3) is 5.93. The third-order valence-electron chi connectivity index (χ3n) is 2.76. The van der Waals surface area contributed by atoms with Crippen LogP contribution >= 0.6 is 11.3 Å². The van der Waals surface area contributed by atoms with Crippen LogP contribution in [0.15, 0.2) is 16.8 Å². The summed E-state index contributed by atoms with van der Waals surface area (Å²) in [6, 6.07) is 1.96. The van der Waals surface area contributed by atoms with Crippen molar-refractivity contribution in [2.45, 2.75) is 19.3 Å². The highest BCUT2D eigenvalue weighted by Gasteiger charge is 2.15. The molecule has 5 heteroatoms. The summed E-state index contributed by atoms with van der Waals surface area (Å²) in [6.45, 7) is 0.655. The Kier molecular flexibility index (Phi) is 5.50. The molecule has 0 radical (unpaired) electrons. The summed E-state index contributed by atoms with van der Waals surface area (Å²) in [5.74, 6) is -0.841. The van der Waals surface area contributed by atoms with E-state index in [-0.39, 0.29) is 12.3 Å². The summed E-state index contributed by atoms with van der Waals surface area (Å²) >= 11 is 1.59. The van der Waals surface area contributed by atoms with Gasteiger partial charge < -0.3 is 14.4 Å². The second-order valence-electron chi connectivity index (χ2n) is 5.14. The van der Waals surface area contributed by atoms with E-state index in [1.165, 1.54) is 0 Å². The molecule has 0 unspecified atom stereocenters. The fourth-order valence-electron chi connectivity index (χ4n) is 1.84. The molecule has 0 aliphatic rings. The van der Waals surface area contributed by atoms with Crippen LogP contribution in [-0.4, -0.2) is 43.4 Å². The number of carbonyl (C=O) groups is 2. The lowest BCUT2D eigenvalue weighted by Gasteiger charge is -2.29. The molecule has 0 saturated carbocycles. The van der Waals surface area contributed by atoms with Crippen LogP contribution < -0.4 is 5.11 Å². The number of likely N-dealkylation sites (N-methyl/N-ethyl adjacent to an activating group) is 1. The molecular formula is C13H19NO3S. The van der Waals surface area contributed by atoms with Gasteiger partial charge in [0.2, 0.25) is 0 Å². The van der Waals surface area contributed by atoms with Crippen molar-refractivity contribution in [3.05, 3.63) is 22.4 Å². The standard InChI is InChI=1S/C13H19NO3S/c1-14(2,9-13(16)17)6-3-4-12(15)8-11-5-7-18-10-11/h5,7,10H,3-4,6,8-9H2,1-2H3. The van der Waals surface area contributed by atoms with Gasteiger partial charge in [0, 0.05) is 19.3 Å². The summed E-state index contributed by atoms with van der Waals surface area (Å²) in [6.07, 6.45) is 1.70. The van der Waals surface area contributed by atoms with Crippen molar-refractivity contribution in [2.24, 2.45) is 0 Å². The molecule has 1 rings (SSSR count). The predicted octanol–water partition coefficient (Wildman–Crippen LogP) is 0.466. The van der Waals surface area contributed by atoms with Crippen molar-refractivity contribution in [2.75, 3.05) is 27.2 Å². The second kappa shape index (κ2) is 6.66. The van der Waals surface area contributed by atoms with E-state index in [0.717, 1.165) is 5.56 Å². The summed E-state index contributed by atoms with van der Waals surface area (Å²) in [5, 5.41) is 14.5. The van der Waals surface area contributed by atoms with Gasteiger partial charge in [-0.05, 0) is 22.4 Å². The third-order valence-corrected chi connectivity index (χ3v) is 3.49. The molecule has 0 aliphatic carbocycles. The minimum Gasteiger partial charge on any atom is -0.544 e. The number of hydrogen-bond donors (Lipinski definition) is 0. The largest absolute Gasteiger partial charge is 0.544 e. The van der Waals surface area contributed by atoms with Crippen molar-refractivity contribution < 1.29 is 19.2 Å². The second-order valence-corrected chi connectivity index (χ2v) is 5.92. The van der Waals surface area contributed by atoms with Gasteiger partial charge in [-0.3, -0.25) is 4.79 Å². The number of nitrogens with zero attached hydrogens (tertiary/aromatic N) is 1. The molecule has 4 nitrogen and oxygen atoms in total. The van der Waals surface area contributed by atoms with E-state index in [2.05, 4.69) is 0 Å². The molecule has 0 N–H and O–H groups in total. The Morgan fingerprint density at radius 3 is 2.67 bits per heavy atom. The van der Waals surface area contributed by atoms with Crippen molar-refractivity contribution in [3.8, 4) is 0 Å². The summed E-state index contributed by atoms with van der Waals surface area (Å²) in [5.41, 5.74) is 1.06. The molecule has 1 aromatic heterocycles. The van der Waals surface area contributed by atoms with Gasteiger partial charge in [-0.25, -0.2) is 0 Å². The summed E-state index contributed by atoms with van der Waals surface area (Å²) < 4.78 is 0.355. The van der Waals surface area contributed by atoms with Crippen molar-refractivity contribution in [1.82, 2.24) is 0 Å². The number of thiophene rings is 1. The van der Waals surface area contributed by atoms with Gasteiger partial charge in [0.05, 0.1) is 26.6 Å². The molecule has 0 saturated heterocycles. The van der Waals surface area contributed by atoms with E-state index < -0.39 is 5.97 Å². The average molecular weight is 269 g/mol. The van der Waals surface area contributed by atoms with Crippen molar-refractivity contribution >= 4 is 23.1 Å². The minimum absolute atomic E-state index is 0.0152. The van der Waals surface area contributed by atoms with Gasteiger partial charge in [0.1, 0.15) is 12.3 Å². The lowest BCUT2D eigenvalue weighted by atomic mass is 10.1. The van der Waals surface area contributed by atoms with E-state index in [9.17, 15) is 14.7 Å². The molecule has 0 aromatic carbocycles. The van der Waals surface area contributed by atoms with Crippen molar-refractivity contribution in [3.63, 3.8) is 0 Å². The van der Waals surface area contributed by atoms with E-state index in [0.29, 0.717) is 30.3 Å². The SMILES string of the molecule is C[N+](C)(CCCC(=O)Cc1ccsc1)CC(=O)[O-]. The monoisotopic (exact) mass is 269 g/mol. The smallest absolute Gasteiger partial charge is 0.137 e. The lowest BCUT2D eigenvalue weighted by Crippen LogP contribution is -2.48. The zero-order chi connectivity index (χ0) is 13.6. The summed E-state index contributed by atoms with van der Waals surface area (Å²) in [7, 11) is 3.66. The van der Waals surface area contributed by atoms with E-state index in [1.807, 2.05) is 30.9 Å². The van der Waals surface area contributed by atoms with Crippen LogP contribution in [-0.2, 0) is 16.0 Å². The van der Waals surface area contributed by atoms with Gasteiger partial charge >= 0.3 is 0 Å². The Labute approximate surface area is 111 Å². The first-order valence-electron chi connectivity index (χ1n) is 5.94. The Bertz CT molecular complexity index is 398. The van der Waals surface area contributed by atoms with Gasteiger partial charge in [-0.15, -0.1) is 0 Å². The highest BCUT2D eigenvalue weighted by molar-refractivity contribution is 7.07. The first-order valence-corrected chi connectivity index (χ1v) is 6.88. The highest BCUT2D eigenvalue weighted by atomic mass is 32.1. The average Bonchev–Trinajstić information content (AvgIpc) is 2.67.